The predicted octanol–water partition coefficient (Wildman–Crippen LogP) is 1.63. The highest BCUT2D eigenvalue weighted by molar-refractivity contribution is 7.07. The average Bonchev–Trinajstić information content (AvgIpc) is 3.24. The van der Waals surface area contributed by atoms with E-state index in [9.17, 15) is 9.59 Å². The Labute approximate surface area is 138 Å². The lowest BCUT2D eigenvalue weighted by atomic mass is 9.95. The molecule has 2 aromatic heterocycles. The second-order valence-corrected chi connectivity index (χ2v) is 5.85. The summed E-state index contributed by atoms with van der Waals surface area (Å²) >= 11 is 1.60. The molecular weight excluding hydrogens is 316 g/mol. The fourth-order valence-electron chi connectivity index (χ4n) is 2.24. The van der Waals surface area contributed by atoms with Crippen LogP contribution in [0.4, 0.5) is 0 Å². The summed E-state index contributed by atoms with van der Waals surface area (Å²) in [5, 5.41) is 18.3. The Morgan fingerprint density at radius 3 is 2.70 bits per heavy atom. The minimum atomic E-state index is -0.685. The van der Waals surface area contributed by atoms with E-state index in [0.29, 0.717) is 25.1 Å². The van der Waals surface area contributed by atoms with Crippen LogP contribution < -0.4 is 10.6 Å². The molecule has 0 fully saturated rings. The summed E-state index contributed by atoms with van der Waals surface area (Å²) in [5.74, 6) is -0.579. The molecule has 0 saturated carbocycles. The van der Waals surface area contributed by atoms with Crippen molar-refractivity contribution in [1.82, 2.24) is 10.6 Å². The molecule has 0 bridgehead atoms. The fourth-order valence-corrected chi connectivity index (χ4v) is 2.98. The zero-order valence-electron chi connectivity index (χ0n) is 12.7. The van der Waals surface area contributed by atoms with Crippen LogP contribution in [0.25, 0.3) is 0 Å². The van der Waals surface area contributed by atoms with Gasteiger partial charge in [-0.15, -0.1) is 0 Å². The number of rotatable bonds is 8. The molecule has 1 atom stereocenters. The number of carbonyl (C=O) groups is 2. The van der Waals surface area contributed by atoms with Crippen LogP contribution in [0, 0.1) is 0 Å². The molecule has 124 valence electrons. The van der Waals surface area contributed by atoms with Crippen molar-refractivity contribution in [3.05, 3.63) is 46.5 Å². The van der Waals surface area contributed by atoms with Crippen LogP contribution in [0.1, 0.15) is 30.1 Å². The number of amides is 2. The largest absolute Gasteiger partial charge is 0.467 e. The topological polar surface area (TPSA) is 91.6 Å². The second kappa shape index (κ2) is 9.12. The number of aliphatic hydroxyl groups is 1. The molecule has 0 saturated heterocycles. The molecule has 0 aromatic carbocycles. The lowest BCUT2D eigenvalue weighted by Crippen LogP contribution is -2.40. The van der Waals surface area contributed by atoms with Crippen LogP contribution in [0.5, 0.6) is 0 Å². The van der Waals surface area contributed by atoms with Crippen molar-refractivity contribution in [3.63, 3.8) is 0 Å². The maximum absolute atomic E-state index is 11.7. The lowest BCUT2D eigenvalue weighted by Gasteiger charge is -2.14. The van der Waals surface area contributed by atoms with E-state index >= 15 is 0 Å². The third-order valence-electron chi connectivity index (χ3n) is 3.48. The number of aliphatic hydroxyl groups excluding tert-OH is 1. The van der Waals surface area contributed by atoms with Crippen molar-refractivity contribution in [2.45, 2.75) is 25.3 Å². The quantitative estimate of drug-likeness (QED) is 0.639. The second-order valence-electron chi connectivity index (χ2n) is 5.07. The van der Waals surface area contributed by atoms with Gasteiger partial charge in [-0.1, -0.05) is 0 Å². The van der Waals surface area contributed by atoms with E-state index in [4.69, 9.17) is 9.52 Å². The lowest BCUT2D eigenvalue weighted by molar-refractivity contribution is -0.139. The molecule has 23 heavy (non-hydrogen) atoms. The van der Waals surface area contributed by atoms with Gasteiger partial charge in [0.05, 0.1) is 12.8 Å². The molecule has 0 spiro atoms. The van der Waals surface area contributed by atoms with Gasteiger partial charge in [0.1, 0.15) is 5.76 Å². The molecule has 7 heteroatoms. The molecule has 2 aromatic rings. The van der Waals surface area contributed by atoms with Gasteiger partial charge in [0.25, 0.3) is 0 Å². The zero-order chi connectivity index (χ0) is 16.5. The van der Waals surface area contributed by atoms with E-state index in [1.165, 1.54) is 6.26 Å². The van der Waals surface area contributed by atoms with Crippen molar-refractivity contribution in [1.29, 1.82) is 0 Å². The van der Waals surface area contributed by atoms with Gasteiger partial charge in [-0.2, -0.15) is 11.3 Å². The zero-order valence-corrected chi connectivity index (χ0v) is 13.5. The molecule has 6 nitrogen and oxygen atoms in total. The molecule has 0 aliphatic carbocycles. The van der Waals surface area contributed by atoms with Crippen LogP contribution in [-0.2, 0) is 16.1 Å². The summed E-state index contributed by atoms with van der Waals surface area (Å²) in [7, 11) is 0. The van der Waals surface area contributed by atoms with Gasteiger partial charge < -0.3 is 20.2 Å². The number of hydrogen-bond acceptors (Lipinski definition) is 5. The Morgan fingerprint density at radius 2 is 2.04 bits per heavy atom. The molecule has 0 aliphatic rings. The van der Waals surface area contributed by atoms with Gasteiger partial charge in [0.2, 0.25) is 0 Å². The maximum atomic E-state index is 11.7. The molecule has 2 amide bonds. The molecule has 2 heterocycles. The molecule has 0 unspecified atom stereocenters. The van der Waals surface area contributed by atoms with Crippen molar-refractivity contribution < 1.29 is 19.1 Å². The Balaban J connectivity index is 1.71. The molecule has 3 N–H and O–H groups in total. The molecule has 0 radical (unpaired) electrons. The number of hydrogen-bond donors (Lipinski definition) is 3. The van der Waals surface area contributed by atoms with E-state index in [0.717, 1.165) is 5.56 Å². The maximum Gasteiger partial charge on any atom is 0.309 e. The van der Waals surface area contributed by atoms with Gasteiger partial charge in [0, 0.05) is 13.2 Å². The van der Waals surface area contributed by atoms with E-state index < -0.39 is 11.8 Å². The summed E-state index contributed by atoms with van der Waals surface area (Å²) in [6, 6.07) is 5.45. The summed E-state index contributed by atoms with van der Waals surface area (Å²) in [6.45, 7) is 0.660. The van der Waals surface area contributed by atoms with E-state index in [1.807, 2.05) is 16.8 Å². The summed E-state index contributed by atoms with van der Waals surface area (Å²) in [4.78, 5) is 23.4. The van der Waals surface area contributed by atoms with Crippen LogP contribution in [0.2, 0.25) is 0 Å². The van der Waals surface area contributed by atoms with Gasteiger partial charge in [-0.25, -0.2) is 0 Å². The number of furan rings is 1. The van der Waals surface area contributed by atoms with Gasteiger partial charge >= 0.3 is 11.8 Å². The molecular formula is C16H20N2O4S. The number of thiophene rings is 1. The number of nitrogens with one attached hydrogen (secondary N) is 2. The average molecular weight is 336 g/mol. The van der Waals surface area contributed by atoms with Crippen molar-refractivity contribution >= 4 is 23.2 Å². The van der Waals surface area contributed by atoms with E-state index in [2.05, 4.69) is 10.6 Å². The Hall–Kier alpha value is -2.12. The van der Waals surface area contributed by atoms with Gasteiger partial charge in [-0.3, -0.25) is 9.59 Å². The molecule has 0 aliphatic heterocycles. The van der Waals surface area contributed by atoms with E-state index in [-0.39, 0.29) is 19.1 Å². The fraction of sp³-hybridized carbons (Fsp3) is 0.375. The summed E-state index contributed by atoms with van der Waals surface area (Å²) in [6.07, 6.45) is 2.82. The van der Waals surface area contributed by atoms with E-state index in [1.54, 1.807) is 23.5 Å². The first-order valence-electron chi connectivity index (χ1n) is 7.42. The van der Waals surface area contributed by atoms with Crippen LogP contribution >= 0.6 is 11.3 Å². The van der Waals surface area contributed by atoms with Gasteiger partial charge in [0.15, 0.2) is 0 Å². The smallest absolute Gasteiger partial charge is 0.309 e. The predicted molar refractivity (Wildman–Crippen MR) is 86.9 cm³/mol. The van der Waals surface area contributed by atoms with Crippen LogP contribution in [0.15, 0.2) is 39.6 Å². The van der Waals surface area contributed by atoms with Gasteiger partial charge in [-0.05, 0) is 53.3 Å². The van der Waals surface area contributed by atoms with Crippen LogP contribution in [0.3, 0.4) is 0 Å². The SMILES string of the molecule is O=C(NCC[C@@H](CCO)c1ccsc1)C(=O)NCc1ccco1. The third kappa shape index (κ3) is 5.54. The van der Waals surface area contributed by atoms with Crippen molar-refractivity contribution in [2.24, 2.45) is 0 Å². The highest BCUT2D eigenvalue weighted by Crippen LogP contribution is 2.24. The Kier molecular flexibility index (Phi) is 6.83. The highest BCUT2D eigenvalue weighted by atomic mass is 32.1. The first-order valence-corrected chi connectivity index (χ1v) is 8.36. The summed E-state index contributed by atoms with van der Waals surface area (Å²) in [5.41, 5.74) is 1.15. The highest BCUT2D eigenvalue weighted by Gasteiger charge is 2.15. The summed E-state index contributed by atoms with van der Waals surface area (Å²) < 4.78 is 5.08. The van der Waals surface area contributed by atoms with Crippen LogP contribution in [-0.4, -0.2) is 30.1 Å². The minimum absolute atomic E-state index is 0.0953. The first kappa shape index (κ1) is 17.2. The van der Waals surface area contributed by atoms with Crippen molar-refractivity contribution in [3.8, 4) is 0 Å². The standard InChI is InChI=1S/C16H20N2O4S/c19-7-4-12(13-5-9-23-11-13)3-6-17-15(20)16(21)18-10-14-2-1-8-22-14/h1-2,5,8-9,11-12,19H,3-4,6-7,10H2,(H,17,20)(H,18,21)/t12-/m0/s1. The normalized spacial score (nSPS) is 11.9. The molecule has 2 rings (SSSR count). The minimum Gasteiger partial charge on any atom is -0.467 e. The Bertz CT molecular complexity index is 596. The van der Waals surface area contributed by atoms with Crippen molar-refractivity contribution in [2.75, 3.05) is 13.2 Å². The number of carbonyl (C=O) groups excluding carboxylic acids is 2. The Morgan fingerprint density at radius 1 is 1.22 bits per heavy atom. The third-order valence-corrected chi connectivity index (χ3v) is 4.18. The first-order chi connectivity index (χ1) is 11.2. The monoisotopic (exact) mass is 336 g/mol.